The fraction of sp³-hybridized carbons (Fsp3) is 0.231. The summed E-state index contributed by atoms with van der Waals surface area (Å²) in [7, 11) is 0. The number of halogens is 1. The number of rotatable bonds is 4. The SMILES string of the molecule is CCn1ccnc(NCc2ccc(Cl)cc2)c1=O. The Labute approximate surface area is 110 Å². The smallest absolute Gasteiger partial charge is 0.293 e. The second kappa shape index (κ2) is 5.69. The molecule has 2 rings (SSSR count). The van der Waals surface area contributed by atoms with Crippen molar-refractivity contribution in [3.63, 3.8) is 0 Å². The van der Waals surface area contributed by atoms with Crippen molar-refractivity contribution in [3.05, 3.63) is 57.6 Å². The van der Waals surface area contributed by atoms with Gasteiger partial charge in [-0.2, -0.15) is 0 Å². The molecule has 0 aliphatic carbocycles. The molecule has 5 heteroatoms. The molecule has 0 atom stereocenters. The van der Waals surface area contributed by atoms with Crippen LogP contribution in [-0.2, 0) is 13.1 Å². The summed E-state index contributed by atoms with van der Waals surface area (Å²) in [4.78, 5) is 15.9. The second-order valence-corrected chi connectivity index (χ2v) is 4.28. The van der Waals surface area contributed by atoms with Gasteiger partial charge in [-0.05, 0) is 24.6 Å². The molecule has 1 aromatic carbocycles. The van der Waals surface area contributed by atoms with E-state index in [1.54, 1.807) is 17.0 Å². The maximum atomic E-state index is 11.9. The van der Waals surface area contributed by atoms with Crippen molar-refractivity contribution in [1.29, 1.82) is 0 Å². The first kappa shape index (κ1) is 12.6. The zero-order chi connectivity index (χ0) is 13.0. The summed E-state index contributed by atoms with van der Waals surface area (Å²) in [6.07, 6.45) is 3.30. The lowest BCUT2D eigenvalue weighted by molar-refractivity contribution is 0.718. The van der Waals surface area contributed by atoms with Gasteiger partial charge >= 0.3 is 0 Å². The molecule has 1 heterocycles. The van der Waals surface area contributed by atoms with Crippen molar-refractivity contribution in [2.24, 2.45) is 0 Å². The maximum absolute atomic E-state index is 11.9. The fourth-order valence-electron chi connectivity index (χ4n) is 1.61. The van der Waals surface area contributed by atoms with Crippen LogP contribution in [0.4, 0.5) is 5.82 Å². The standard InChI is InChI=1S/C13H14ClN3O/c1-2-17-8-7-15-12(13(17)18)16-9-10-3-5-11(14)6-4-10/h3-8H,2,9H2,1H3,(H,15,16). The zero-order valence-electron chi connectivity index (χ0n) is 10.1. The van der Waals surface area contributed by atoms with Crippen LogP contribution in [0.2, 0.25) is 5.02 Å². The van der Waals surface area contributed by atoms with Crippen molar-refractivity contribution in [2.45, 2.75) is 20.0 Å². The summed E-state index contributed by atoms with van der Waals surface area (Å²) in [6, 6.07) is 7.47. The van der Waals surface area contributed by atoms with E-state index in [4.69, 9.17) is 11.6 Å². The first-order valence-corrected chi connectivity index (χ1v) is 6.12. The second-order valence-electron chi connectivity index (χ2n) is 3.85. The molecular formula is C13H14ClN3O. The Hall–Kier alpha value is -1.81. The summed E-state index contributed by atoms with van der Waals surface area (Å²) < 4.78 is 1.61. The van der Waals surface area contributed by atoms with Crippen molar-refractivity contribution in [1.82, 2.24) is 9.55 Å². The van der Waals surface area contributed by atoms with Gasteiger partial charge in [-0.25, -0.2) is 4.98 Å². The van der Waals surface area contributed by atoms with Gasteiger partial charge in [0.1, 0.15) is 0 Å². The largest absolute Gasteiger partial charge is 0.361 e. The predicted molar refractivity (Wildman–Crippen MR) is 72.9 cm³/mol. The molecule has 0 saturated heterocycles. The van der Waals surface area contributed by atoms with Gasteiger partial charge < -0.3 is 9.88 Å². The van der Waals surface area contributed by atoms with E-state index >= 15 is 0 Å². The Morgan fingerprint density at radius 1 is 1.33 bits per heavy atom. The highest BCUT2D eigenvalue weighted by atomic mass is 35.5. The van der Waals surface area contributed by atoms with Crippen LogP contribution in [0.15, 0.2) is 41.5 Å². The van der Waals surface area contributed by atoms with Gasteiger partial charge in [0.25, 0.3) is 5.56 Å². The minimum atomic E-state index is -0.103. The van der Waals surface area contributed by atoms with Gasteiger partial charge in [-0.1, -0.05) is 23.7 Å². The first-order valence-electron chi connectivity index (χ1n) is 5.74. The normalized spacial score (nSPS) is 10.3. The summed E-state index contributed by atoms with van der Waals surface area (Å²) in [5.74, 6) is 0.370. The molecular weight excluding hydrogens is 250 g/mol. The molecule has 0 unspecified atom stereocenters. The number of aromatic nitrogens is 2. The van der Waals surface area contributed by atoms with Gasteiger partial charge in [-0.15, -0.1) is 0 Å². The van der Waals surface area contributed by atoms with Crippen LogP contribution in [0.1, 0.15) is 12.5 Å². The van der Waals surface area contributed by atoms with E-state index < -0.39 is 0 Å². The number of nitrogens with one attached hydrogen (secondary N) is 1. The van der Waals surface area contributed by atoms with E-state index in [1.807, 2.05) is 31.2 Å². The molecule has 0 spiro atoms. The van der Waals surface area contributed by atoms with E-state index in [9.17, 15) is 4.79 Å². The average molecular weight is 264 g/mol. The van der Waals surface area contributed by atoms with Crippen LogP contribution in [0.5, 0.6) is 0 Å². The van der Waals surface area contributed by atoms with Crippen LogP contribution in [0, 0.1) is 0 Å². The van der Waals surface area contributed by atoms with E-state index in [2.05, 4.69) is 10.3 Å². The molecule has 1 aromatic heterocycles. The van der Waals surface area contributed by atoms with E-state index in [0.29, 0.717) is 23.9 Å². The van der Waals surface area contributed by atoms with Crippen LogP contribution in [0.3, 0.4) is 0 Å². The third-order valence-electron chi connectivity index (χ3n) is 2.63. The lowest BCUT2D eigenvalue weighted by Crippen LogP contribution is -2.23. The fourth-order valence-corrected chi connectivity index (χ4v) is 1.73. The van der Waals surface area contributed by atoms with Crippen LogP contribution in [-0.4, -0.2) is 9.55 Å². The van der Waals surface area contributed by atoms with Crippen LogP contribution < -0.4 is 10.9 Å². The lowest BCUT2D eigenvalue weighted by Gasteiger charge is -2.07. The van der Waals surface area contributed by atoms with Crippen LogP contribution >= 0.6 is 11.6 Å². The summed E-state index contributed by atoms with van der Waals surface area (Å²) >= 11 is 5.81. The molecule has 0 bridgehead atoms. The Kier molecular flexibility index (Phi) is 3.99. The molecule has 0 aliphatic heterocycles. The molecule has 4 nitrogen and oxygen atoms in total. The topological polar surface area (TPSA) is 46.9 Å². The van der Waals surface area contributed by atoms with Crippen molar-refractivity contribution < 1.29 is 0 Å². The van der Waals surface area contributed by atoms with Crippen molar-refractivity contribution in [3.8, 4) is 0 Å². The molecule has 2 aromatic rings. The van der Waals surface area contributed by atoms with E-state index in [1.165, 1.54) is 0 Å². The Morgan fingerprint density at radius 3 is 2.72 bits per heavy atom. The number of nitrogens with zero attached hydrogens (tertiary/aromatic N) is 2. The molecule has 94 valence electrons. The van der Waals surface area contributed by atoms with Gasteiger partial charge in [0, 0.05) is 30.5 Å². The van der Waals surface area contributed by atoms with Crippen molar-refractivity contribution >= 4 is 17.4 Å². The summed E-state index contributed by atoms with van der Waals surface area (Å²) in [6.45, 7) is 3.11. The molecule has 0 radical (unpaired) electrons. The van der Waals surface area contributed by atoms with E-state index in [0.717, 1.165) is 5.56 Å². The monoisotopic (exact) mass is 263 g/mol. The highest BCUT2D eigenvalue weighted by Crippen LogP contribution is 2.10. The van der Waals surface area contributed by atoms with Crippen LogP contribution in [0.25, 0.3) is 0 Å². The molecule has 0 fully saturated rings. The summed E-state index contributed by atoms with van der Waals surface area (Å²) in [5, 5.41) is 3.73. The average Bonchev–Trinajstić information content (AvgIpc) is 2.39. The van der Waals surface area contributed by atoms with E-state index in [-0.39, 0.29) is 5.56 Å². The molecule has 0 aliphatic rings. The van der Waals surface area contributed by atoms with Gasteiger partial charge in [0.15, 0.2) is 5.82 Å². The number of anilines is 1. The minimum absolute atomic E-state index is 0.103. The lowest BCUT2D eigenvalue weighted by atomic mass is 10.2. The highest BCUT2D eigenvalue weighted by Gasteiger charge is 2.03. The Morgan fingerprint density at radius 2 is 2.06 bits per heavy atom. The van der Waals surface area contributed by atoms with Gasteiger partial charge in [0.05, 0.1) is 0 Å². The maximum Gasteiger partial charge on any atom is 0.293 e. The zero-order valence-corrected chi connectivity index (χ0v) is 10.8. The molecule has 0 saturated carbocycles. The predicted octanol–water partition coefficient (Wildman–Crippen LogP) is 2.53. The molecule has 0 amide bonds. The number of aryl methyl sites for hydroxylation is 1. The molecule has 1 N–H and O–H groups in total. The first-order chi connectivity index (χ1) is 8.70. The minimum Gasteiger partial charge on any atom is -0.361 e. The Bertz CT molecular complexity index is 578. The summed E-state index contributed by atoms with van der Waals surface area (Å²) in [5.41, 5.74) is 0.946. The third kappa shape index (κ3) is 2.90. The number of hydrogen-bond acceptors (Lipinski definition) is 3. The highest BCUT2D eigenvalue weighted by molar-refractivity contribution is 6.30. The Balaban J connectivity index is 2.11. The van der Waals surface area contributed by atoms with Crippen molar-refractivity contribution in [2.75, 3.05) is 5.32 Å². The van der Waals surface area contributed by atoms with Gasteiger partial charge in [0.2, 0.25) is 0 Å². The number of benzene rings is 1. The van der Waals surface area contributed by atoms with Gasteiger partial charge in [-0.3, -0.25) is 4.79 Å². The molecule has 18 heavy (non-hydrogen) atoms. The quantitative estimate of drug-likeness (QED) is 0.922. The number of hydrogen-bond donors (Lipinski definition) is 1. The third-order valence-corrected chi connectivity index (χ3v) is 2.88.